The number of ether oxygens (including phenoxy) is 1. The van der Waals surface area contributed by atoms with Crippen LogP contribution in [0.1, 0.15) is 35.1 Å². The molecule has 9 nitrogen and oxygen atoms in total. The van der Waals surface area contributed by atoms with Gasteiger partial charge in [-0.05, 0) is 49.4 Å². The zero-order valence-electron chi connectivity index (χ0n) is 21.8. The summed E-state index contributed by atoms with van der Waals surface area (Å²) >= 11 is 6.06. The number of hydrogen-bond donors (Lipinski definition) is 3. The van der Waals surface area contributed by atoms with Crippen LogP contribution >= 0.6 is 11.6 Å². The van der Waals surface area contributed by atoms with E-state index in [1.165, 1.54) is 19.1 Å². The van der Waals surface area contributed by atoms with Gasteiger partial charge in [0, 0.05) is 28.3 Å². The van der Waals surface area contributed by atoms with E-state index in [0.717, 1.165) is 36.5 Å². The van der Waals surface area contributed by atoms with Gasteiger partial charge in [0.2, 0.25) is 11.5 Å². The van der Waals surface area contributed by atoms with Crippen molar-refractivity contribution in [1.82, 2.24) is 20.1 Å². The Morgan fingerprint density at radius 1 is 1.21 bits per heavy atom. The fraction of sp³-hybridized carbons (Fsp3) is 0.259. The highest BCUT2D eigenvalue weighted by Crippen LogP contribution is 2.47. The molecule has 0 aliphatic carbocycles. The van der Waals surface area contributed by atoms with Crippen molar-refractivity contribution in [3.05, 3.63) is 76.3 Å². The number of fused-ring (bicyclic) bond motifs is 2. The summed E-state index contributed by atoms with van der Waals surface area (Å²) in [6, 6.07) is 7.42. The number of nitrogens with one attached hydrogen (secondary N) is 1. The zero-order valence-corrected chi connectivity index (χ0v) is 22.6. The van der Waals surface area contributed by atoms with Crippen LogP contribution in [0.2, 0.25) is 5.02 Å². The number of nitrogens with two attached hydrogens (primary N) is 1. The molecular formula is C27H20ClF6N5O4. The Hall–Kier alpha value is -4.37. The zero-order chi connectivity index (χ0) is 31.5. The van der Waals surface area contributed by atoms with Crippen molar-refractivity contribution in [3.63, 3.8) is 0 Å². The van der Waals surface area contributed by atoms with Gasteiger partial charge >= 0.3 is 12.7 Å². The van der Waals surface area contributed by atoms with Crippen LogP contribution in [0.5, 0.6) is 5.75 Å². The molecule has 4 N–H and O–H groups in total. The molecule has 0 saturated carbocycles. The summed E-state index contributed by atoms with van der Waals surface area (Å²) in [5, 5.41) is 16.5. The van der Waals surface area contributed by atoms with Crippen LogP contribution in [0.3, 0.4) is 0 Å². The number of amides is 2. The summed E-state index contributed by atoms with van der Waals surface area (Å²) in [7, 11) is 0. The third-order valence-corrected chi connectivity index (χ3v) is 7.46. The molecule has 2 aromatic heterocycles. The Morgan fingerprint density at radius 3 is 2.49 bits per heavy atom. The van der Waals surface area contributed by atoms with Crippen LogP contribution in [-0.4, -0.2) is 51.0 Å². The molecule has 226 valence electrons. The first-order valence-electron chi connectivity index (χ1n) is 12.3. The number of alkyl halides is 5. The van der Waals surface area contributed by atoms with Crippen molar-refractivity contribution < 1.29 is 45.8 Å². The van der Waals surface area contributed by atoms with E-state index in [0.29, 0.717) is 4.68 Å². The van der Waals surface area contributed by atoms with Crippen LogP contribution < -0.4 is 15.8 Å². The lowest BCUT2D eigenvalue weighted by Crippen LogP contribution is -2.51. The number of benzene rings is 2. The topological polar surface area (TPSA) is 132 Å². The number of aromatic nitrogens is 3. The minimum Gasteiger partial charge on any atom is -0.489 e. The third-order valence-electron chi connectivity index (χ3n) is 7.17. The normalized spacial score (nSPS) is 17.9. The Morgan fingerprint density at radius 2 is 1.88 bits per heavy atom. The lowest BCUT2D eigenvalue weighted by atomic mass is 9.81. The van der Waals surface area contributed by atoms with Crippen molar-refractivity contribution in [2.45, 2.75) is 30.7 Å². The van der Waals surface area contributed by atoms with E-state index in [2.05, 4.69) is 10.1 Å². The molecule has 2 aromatic carbocycles. The van der Waals surface area contributed by atoms with E-state index in [9.17, 15) is 41.0 Å². The maximum Gasteiger partial charge on any atom is 0.424 e. The molecule has 16 heteroatoms. The van der Waals surface area contributed by atoms with Gasteiger partial charge in [0.05, 0.1) is 17.3 Å². The number of rotatable bonds is 7. The van der Waals surface area contributed by atoms with Crippen LogP contribution in [0.25, 0.3) is 22.2 Å². The van der Waals surface area contributed by atoms with Gasteiger partial charge in [-0.25, -0.2) is 14.1 Å². The molecule has 43 heavy (non-hydrogen) atoms. The van der Waals surface area contributed by atoms with Gasteiger partial charge in [-0.3, -0.25) is 9.59 Å². The van der Waals surface area contributed by atoms with Crippen LogP contribution in [0.15, 0.2) is 48.7 Å². The number of carbonyl (C=O) groups excluding carboxylic acids is 2. The molecule has 0 bridgehead atoms. The number of primary amides is 1. The minimum absolute atomic E-state index is 0.0130. The summed E-state index contributed by atoms with van der Waals surface area (Å²) in [5.74, 6) is -2.80. The quantitative estimate of drug-likeness (QED) is 0.257. The predicted molar refractivity (Wildman–Crippen MR) is 140 cm³/mol. The Labute approximate surface area is 243 Å². The van der Waals surface area contributed by atoms with Gasteiger partial charge in [0.1, 0.15) is 34.8 Å². The third kappa shape index (κ3) is 5.12. The number of pyridine rings is 1. The van der Waals surface area contributed by atoms with E-state index in [-0.39, 0.29) is 50.7 Å². The van der Waals surface area contributed by atoms with Crippen LogP contribution in [0.4, 0.5) is 26.3 Å². The molecule has 2 atom stereocenters. The van der Waals surface area contributed by atoms with Crippen molar-refractivity contribution >= 4 is 34.3 Å². The fourth-order valence-corrected chi connectivity index (χ4v) is 4.86. The summed E-state index contributed by atoms with van der Waals surface area (Å²) in [6.07, 6.45) is -4.54. The minimum atomic E-state index is -5.44. The van der Waals surface area contributed by atoms with Crippen molar-refractivity contribution in [1.29, 1.82) is 0 Å². The van der Waals surface area contributed by atoms with Gasteiger partial charge in [0.15, 0.2) is 0 Å². The molecule has 0 unspecified atom stereocenters. The average molecular weight is 628 g/mol. The van der Waals surface area contributed by atoms with Crippen LogP contribution in [0, 0.1) is 5.82 Å². The van der Waals surface area contributed by atoms with Gasteiger partial charge < -0.3 is 20.9 Å². The van der Waals surface area contributed by atoms with Crippen molar-refractivity contribution in [3.8, 4) is 17.0 Å². The highest BCUT2D eigenvalue weighted by molar-refractivity contribution is 6.35. The van der Waals surface area contributed by atoms with E-state index >= 15 is 0 Å². The Kier molecular flexibility index (Phi) is 7.29. The molecule has 0 spiro atoms. The summed E-state index contributed by atoms with van der Waals surface area (Å²) in [5.41, 5.74) is -1.53. The first-order chi connectivity index (χ1) is 20.0. The number of aliphatic hydroxyl groups is 1. The average Bonchev–Trinajstić information content (AvgIpc) is 3.54. The summed E-state index contributed by atoms with van der Waals surface area (Å²) < 4.78 is 89.3. The molecule has 4 aromatic rings. The van der Waals surface area contributed by atoms with Gasteiger partial charge in [-0.1, -0.05) is 11.6 Å². The van der Waals surface area contributed by atoms with E-state index < -0.39 is 53.6 Å². The molecule has 2 amide bonds. The second-order valence-electron chi connectivity index (χ2n) is 10.0. The molecule has 3 heterocycles. The van der Waals surface area contributed by atoms with E-state index in [1.54, 1.807) is 0 Å². The maximum atomic E-state index is 14.6. The molecule has 5 rings (SSSR count). The van der Waals surface area contributed by atoms with E-state index in [4.69, 9.17) is 22.1 Å². The highest BCUT2D eigenvalue weighted by atomic mass is 35.5. The number of hydrogen-bond acceptors (Lipinski definition) is 6. The summed E-state index contributed by atoms with van der Waals surface area (Å²) in [4.78, 5) is 29.3. The predicted octanol–water partition coefficient (Wildman–Crippen LogP) is 4.60. The highest BCUT2D eigenvalue weighted by Gasteiger charge is 2.57. The Bertz CT molecular complexity index is 1760. The SMILES string of the molecule is C[C@]1(C(N)=O)COc2c1cc([C@@](O)(CNC(=O)c1cc(Cl)c3nn(C(F)F)cc3c1)C(F)(F)F)nc2-c1ccc(F)cc1. The molecule has 1 aliphatic heterocycles. The smallest absolute Gasteiger partial charge is 0.424 e. The monoisotopic (exact) mass is 627 g/mol. The van der Waals surface area contributed by atoms with Gasteiger partial charge in [-0.2, -0.15) is 27.1 Å². The molecule has 0 saturated heterocycles. The number of nitrogens with zero attached hydrogens (tertiary/aromatic N) is 3. The Balaban J connectivity index is 1.57. The van der Waals surface area contributed by atoms with Crippen LogP contribution in [-0.2, 0) is 15.8 Å². The number of halogens is 7. The number of carbonyl (C=O) groups is 2. The lowest BCUT2D eigenvalue weighted by molar-refractivity contribution is -0.265. The van der Waals surface area contributed by atoms with Crippen molar-refractivity contribution in [2.24, 2.45) is 5.73 Å². The molecular weight excluding hydrogens is 608 g/mol. The van der Waals surface area contributed by atoms with E-state index in [1.807, 2.05) is 5.32 Å². The van der Waals surface area contributed by atoms with Crippen molar-refractivity contribution in [2.75, 3.05) is 13.2 Å². The van der Waals surface area contributed by atoms with Gasteiger partial charge in [0.25, 0.3) is 5.91 Å². The standard InChI is InChI=1S/C27H20ClF6N5O4/c1-25(23(35)41)11-43-21-16(25)8-18(37-20(21)12-2-4-15(29)5-3-12)26(42,27(32,33)34)10-36-22(40)13-6-14-9-39(24(30)31)38-19(14)17(28)7-13/h2-9,24,42H,10-11H2,1H3,(H2,35,41)(H,36,40)/t25-,26-/m0/s1. The lowest BCUT2D eigenvalue weighted by Gasteiger charge is -2.31. The second-order valence-corrected chi connectivity index (χ2v) is 10.5. The molecule has 0 radical (unpaired) electrons. The van der Waals surface area contributed by atoms with Gasteiger partial charge in [-0.15, -0.1) is 0 Å². The first kappa shape index (κ1) is 30.1. The molecule has 0 fully saturated rings. The fourth-order valence-electron chi connectivity index (χ4n) is 4.59. The summed E-state index contributed by atoms with van der Waals surface area (Å²) in [6.45, 7) is -3.48. The second kappa shape index (κ2) is 10.4. The molecule has 1 aliphatic rings. The maximum absolute atomic E-state index is 14.6. The largest absolute Gasteiger partial charge is 0.489 e. The first-order valence-corrected chi connectivity index (χ1v) is 12.7.